The molecule has 0 aliphatic heterocycles. The summed E-state index contributed by atoms with van der Waals surface area (Å²) in [7, 11) is 0. The zero-order valence-corrected chi connectivity index (χ0v) is 14.1. The minimum atomic E-state index is -4.77. The normalized spacial score (nSPS) is 11.4. The molecule has 3 aromatic rings. The molecule has 1 heterocycles. The van der Waals surface area contributed by atoms with Crippen LogP contribution in [0.5, 0.6) is 0 Å². The number of halogens is 4. The van der Waals surface area contributed by atoms with Crippen LogP contribution >= 0.6 is 11.6 Å². The molecule has 0 fully saturated rings. The lowest BCUT2D eigenvalue weighted by molar-refractivity contribution is -0.143. The van der Waals surface area contributed by atoms with E-state index in [1.165, 1.54) is 24.3 Å². The van der Waals surface area contributed by atoms with Gasteiger partial charge >= 0.3 is 6.18 Å². The second-order valence-corrected chi connectivity index (χ2v) is 5.90. The van der Waals surface area contributed by atoms with Crippen LogP contribution in [0.3, 0.4) is 0 Å². The first-order chi connectivity index (χ1) is 12.4. The predicted octanol–water partition coefficient (Wildman–Crippen LogP) is 4.47. The van der Waals surface area contributed by atoms with Crippen molar-refractivity contribution in [1.29, 1.82) is 0 Å². The van der Waals surface area contributed by atoms with Crippen LogP contribution in [0, 0.1) is 0 Å². The van der Waals surface area contributed by atoms with E-state index in [-0.39, 0.29) is 17.3 Å². The lowest BCUT2D eigenvalue weighted by Gasteiger charge is -2.13. The maximum Gasteiger partial charge on any atom is 0.434 e. The number of hydrogen-bond donors (Lipinski definition) is 1. The van der Waals surface area contributed by atoms with E-state index in [2.05, 4.69) is 10.4 Å². The maximum absolute atomic E-state index is 13.6. The van der Waals surface area contributed by atoms with Gasteiger partial charge in [0.15, 0.2) is 5.69 Å². The van der Waals surface area contributed by atoms with E-state index in [1.54, 1.807) is 24.3 Å². The van der Waals surface area contributed by atoms with E-state index >= 15 is 0 Å². The Balaban J connectivity index is 1.93. The van der Waals surface area contributed by atoms with Crippen molar-refractivity contribution in [3.8, 4) is 5.69 Å². The Labute approximate surface area is 152 Å². The first-order valence-electron chi connectivity index (χ1n) is 7.59. The van der Waals surface area contributed by atoms with Gasteiger partial charge in [0.1, 0.15) is 0 Å². The largest absolute Gasteiger partial charge is 0.434 e. The quantitative estimate of drug-likeness (QED) is 0.726. The van der Waals surface area contributed by atoms with E-state index in [4.69, 9.17) is 11.6 Å². The number of nitrogens with one attached hydrogen (secondary N) is 1. The molecule has 0 unspecified atom stereocenters. The van der Waals surface area contributed by atoms with Gasteiger partial charge in [-0.1, -0.05) is 48.0 Å². The molecule has 134 valence electrons. The Hall–Kier alpha value is -2.80. The monoisotopic (exact) mass is 379 g/mol. The molecule has 4 nitrogen and oxygen atoms in total. The number of benzene rings is 2. The summed E-state index contributed by atoms with van der Waals surface area (Å²) in [5, 5.41) is 6.50. The molecule has 0 aliphatic carbocycles. The van der Waals surface area contributed by atoms with Gasteiger partial charge in [-0.2, -0.15) is 18.3 Å². The van der Waals surface area contributed by atoms with E-state index in [1.807, 2.05) is 6.07 Å². The summed E-state index contributed by atoms with van der Waals surface area (Å²) >= 11 is 5.85. The van der Waals surface area contributed by atoms with Gasteiger partial charge in [0, 0.05) is 11.6 Å². The fourth-order valence-corrected chi connectivity index (χ4v) is 2.65. The summed E-state index contributed by atoms with van der Waals surface area (Å²) in [4.78, 5) is 12.3. The molecule has 2 aromatic carbocycles. The van der Waals surface area contributed by atoms with Gasteiger partial charge in [-0.3, -0.25) is 4.79 Å². The highest BCUT2D eigenvalue weighted by Crippen LogP contribution is 2.34. The Morgan fingerprint density at radius 3 is 2.50 bits per heavy atom. The molecule has 0 bridgehead atoms. The Morgan fingerprint density at radius 2 is 1.85 bits per heavy atom. The second kappa shape index (κ2) is 7.21. The molecule has 0 saturated heterocycles. The standard InChI is InChI=1S/C18H13ClF3N3O/c19-13-7-4-8-14(9-13)25-16(18(20,21)22)15(11-24-25)17(26)23-10-12-5-2-1-3-6-12/h1-9,11H,10H2,(H,23,26). The number of amides is 1. The van der Waals surface area contributed by atoms with Crippen LogP contribution in [0.2, 0.25) is 5.02 Å². The average molecular weight is 380 g/mol. The Bertz CT molecular complexity index is 923. The zero-order valence-electron chi connectivity index (χ0n) is 13.3. The summed E-state index contributed by atoms with van der Waals surface area (Å²) in [6, 6.07) is 14.7. The van der Waals surface area contributed by atoms with Crippen molar-refractivity contribution in [3.63, 3.8) is 0 Å². The Morgan fingerprint density at radius 1 is 1.12 bits per heavy atom. The topological polar surface area (TPSA) is 46.9 Å². The third-order valence-corrected chi connectivity index (χ3v) is 3.87. The van der Waals surface area contributed by atoms with E-state index in [9.17, 15) is 18.0 Å². The smallest absolute Gasteiger partial charge is 0.348 e. The molecule has 1 amide bonds. The van der Waals surface area contributed by atoms with Gasteiger partial charge in [-0.25, -0.2) is 4.68 Å². The summed E-state index contributed by atoms with van der Waals surface area (Å²) in [6.45, 7) is 0.110. The molecule has 3 rings (SSSR count). The first-order valence-corrected chi connectivity index (χ1v) is 7.97. The minimum absolute atomic E-state index is 0.110. The van der Waals surface area contributed by atoms with Crippen LogP contribution in [0.4, 0.5) is 13.2 Å². The lowest BCUT2D eigenvalue weighted by Crippen LogP contribution is -2.26. The molecule has 0 radical (unpaired) electrons. The van der Waals surface area contributed by atoms with Gasteiger partial charge in [-0.15, -0.1) is 0 Å². The first kappa shape index (κ1) is 18.0. The van der Waals surface area contributed by atoms with Gasteiger partial charge < -0.3 is 5.32 Å². The number of nitrogens with zero attached hydrogens (tertiary/aromatic N) is 2. The predicted molar refractivity (Wildman–Crippen MR) is 91.2 cm³/mol. The summed E-state index contributed by atoms with van der Waals surface area (Å²) in [5.74, 6) is -0.852. The van der Waals surface area contributed by atoms with Crippen LogP contribution in [-0.2, 0) is 12.7 Å². The third kappa shape index (κ3) is 3.88. The molecular weight excluding hydrogens is 367 g/mol. The molecule has 0 atom stereocenters. The highest BCUT2D eigenvalue weighted by molar-refractivity contribution is 6.30. The highest BCUT2D eigenvalue weighted by atomic mass is 35.5. The number of carbonyl (C=O) groups is 1. The van der Waals surface area contributed by atoms with Crippen molar-refractivity contribution in [2.75, 3.05) is 0 Å². The maximum atomic E-state index is 13.6. The van der Waals surface area contributed by atoms with E-state index in [0.717, 1.165) is 11.8 Å². The molecule has 26 heavy (non-hydrogen) atoms. The van der Waals surface area contributed by atoms with Crippen LogP contribution in [-0.4, -0.2) is 15.7 Å². The number of rotatable bonds is 4. The molecule has 0 saturated carbocycles. The van der Waals surface area contributed by atoms with Gasteiger partial charge in [0.2, 0.25) is 0 Å². The second-order valence-electron chi connectivity index (χ2n) is 5.46. The van der Waals surface area contributed by atoms with Crippen molar-refractivity contribution in [1.82, 2.24) is 15.1 Å². The van der Waals surface area contributed by atoms with Crippen molar-refractivity contribution in [2.45, 2.75) is 12.7 Å². The zero-order chi connectivity index (χ0) is 18.7. The Kier molecular flexibility index (Phi) is 4.99. The van der Waals surface area contributed by atoms with Crippen molar-refractivity contribution >= 4 is 17.5 Å². The van der Waals surface area contributed by atoms with Crippen molar-refractivity contribution in [3.05, 3.63) is 82.6 Å². The minimum Gasteiger partial charge on any atom is -0.348 e. The fourth-order valence-electron chi connectivity index (χ4n) is 2.46. The molecule has 1 aromatic heterocycles. The number of hydrogen-bond acceptors (Lipinski definition) is 2. The van der Waals surface area contributed by atoms with Crippen LogP contribution < -0.4 is 5.32 Å². The van der Waals surface area contributed by atoms with Gasteiger partial charge in [-0.05, 0) is 23.8 Å². The SMILES string of the molecule is O=C(NCc1ccccc1)c1cnn(-c2cccc(Cl)c2)c1C(F)(F)F. The molecular formula is C18H13ClF3N3O. The van der Waals surface area contributed by atoms with Crippen molar-refractivity contribution in [2.24, 2.45) is 0 Å². The van der Waals surface area contributed by atoms with Gasteiger partial charge in [0.25, 0.3) is 5.91 Å². The van der Waals surface area contributed by atoms with E-state index < -0.39 is 23.3 Å². The van der Waals surface area contributed by atoms with Gasteiger partial charge in [0.05, 0.1) is 17.4 Å². The molecule has 0 spiro atoms. The highest BCUT2D eigenvalue weighted by Gasteiger charge is 2.40. The third-order valence-electron chi connectivity index (χ3n) is 3.63. The molecule has 8 heteroatoms. The summed E-state index contributed by atoms with van der Waals surface area (Å²) < 4.78 is 41.4. The molecule has 1 N–H and O–H groups in total. The van der Waals surface area contributed by atoms with Crippen LogP contribution in [0.25, 0.3) is 5.69 Å². The van der Waals surface area contributed by atoms with Crippen molar-refractivity contribution < 1.29 is 18.0 Å². The summed E-state index contributed by atoms with van der Waals surface area (Å²) in [6.07, 6.45) is -3.86. The number of aromatic nitrogens is 2. The van der Waals surface area contributed by atoms with Crippen LogP contribution in [0.1, 0.15) is 21.6 Å². The lowest BCUT2D eigenvalue weighted by atomic mass is 10.2. The number of carbonyl (C=O) groups excluding carboxylic acids is 1. The van der Waals surface area contributed by atoms with E-state index in [0.29, 0.717) is 4.68 Å². The molecule has 0 aliphatic rings. The fraction of sp³-hybridized carbons (Fsp3) is 0.111. The number of alkyl halides is 3. The average Bonchev–Trinajstić information content (AvgIpc) is 3.06. The summed E-state index contributed by atoms with van der Waals surface area (Å²) in [5.41, 5.74) is -0.803. The van der Waals surface area contributed by atoms with Crippen LogP contribution in [0.15, 0.2) is 60.8 Å².